The number of anilines is 2. The number of amides is 2. The zero-order valence-electron chi connectivity index (χ0n) is 15.3. The lowest BCUT2D eigenvalue weighted by Crippen LogP contribution is -2.42. The number of hydrogen-bond acceptors (Lipinski definition) is 4. The number of rotatable bonds is 2. The zero-order valence-corrected chi connectivity index (χ0v) is 15.3. The van der Waals surface area contributed by atoms with Crippen molar-refractivity contribution in [3.05, 3.63) is 53.6 Å². The van der Waals surface area contributed by atoms with Gasteiger partial charge in [0.2, 0.25) is 11.9 Å². The van der Waals surface area contributed by atoms with Crippen molar-refractivity contribution in [3.63, 3.8) is 0 Å². The van der Waals surface area contributed by atoms with Crippen LogP contribution in [0.3, 0.4) is 0 Å². The first kappa shape index (κ1) is 16.1. The van der Waals surface area contributed by atoms with Gasteiger partial charge in [-0.1, -0.05) is 24.3 Å². The fourth-order valence-corrected chi connectivity index (χ4v) is 4.18. The van der Waals surface area contributed by atoms with Crippen LogP contribution in [-0.4, -0.2) is 34.0 Å². The maximum Gasteiger partial charge on any atom is 0.257 e. The molecule has 0 saturated carbocycles. The van der Waals surface area contributed by atoms with Crippen molar-refractivity contribution in [2.75, 3.05) is 16.3 Å². The molecule has 136 valence electrons. The lowest BCUT2D eigenvalue weighted by molar-refractivity contribution is -0.121. The summed E-state index contributed by atoms with van der Waals surface area (Å²) in [5.41, 5.74) is 4.64. The highest BCUT2D eigenvalue weighted by atomic mass is 16.2. The fraction of sp³-hybridized carbons (Fsp3) is 0.286. The van der Waals surface area contributed by atoms with Crippen LogP contribution >= 0.6 is 0 Å². The molecule has 1 saturated heterocycles. The average Bonchev–Trinajstić information content (AvgIpc) is 3.29. The SMILES string of the molecule is Cc1ccc(C)c(N2C(=O)CC(N3CCn4c3nc3ccccc34)C2=O)c1. The molecule has 1 unspecified atom stereocenters. The zero-order chi connectivity index (χ0) is 18.7. The molecule has 1 aromatic heterocycles. The quantitative estimate of drug-likeness (QED) is 0.660. The van der Waals surface area contributed by atoms with E-state index in [0.29, 0.717) is 12.2 Å². The summed E-state index contributed by atoms with van der Waals surface area (Å²) in [7, 11) is 0. The number of para-hydroxylation sites is 2. The third kappa shape index (κ3) is 2.29. The van der Waals surface area contributed by atoms with Gasteiger partial charge in [-0.2, -0.15) is 0 Å². The highest BCUT2D eigenvalue weighted by molar-refractivity contribution is 6.23. The van der Waals surface area contributed by atoms with Crippen LogP contribution in [0.4, 0.5) is 11.6 Å². The predicted molar refractivity (Wildman–Crippen MR) is 104 cm³/mol. The number of benzene rings is 2. The fourth-order valence-electron chi connectivity index (χ4n) is 4.18. The maximum absolute atomic E-state index is 13.2. The van der Waals surface area contributed by atoms with Crippen LogP contribution in [0.15, 0.2) is 42.5 Å². The summed E-state index contributed by atoms with van der Waals surface area (Å²) in [5, 5.41) is 0. The molecular formula is C21H20N4O2. The van der Waals surface area contributed by atoms with E-state index < -0.39 is 6.04 Å². The Bertz CT molecular complexity index is 1100. The van der Waals surface area contributed by atoms with Crippen molar-refractivity contribution < 1.29 is 9.59 Å². The van der Waals surface area contributed by atoms with E-state index in [0.717, 1.165) is 34.7 Å². The van der Waals surface area contributed by atoms with E-state index in [9.17, 15) is 9.59 Å². The van der Waals surface area contributed by atoms with E-state index in [1.165, 1.54) is 4.90 Å². The van der Waals surface area contributed by atoms with Gasteiger partial charge in [0.25, 0.3) is 5.91 Å². The highest BCUT2D eigenvalue weighted by Crippen LogP contribution is 2.34. The number of carbonyl (C=O) groups excluding carboxylic acids is 2. The van der Waals surface area contributed by atoms with Gasteiger partial charge in [-0.25, -0.2) is 9.88 Å². The Morgan fingerprint density at radius 3 is 2.70 bits per heavy atom. The average molecular weight is 360 g/mol. The largest absolute Gasteiger partial charge is 0.328 e. The number of nitrogens with zero attached hydrogens (tertiary/aromatic N) is 4. The van der Waals surface area contributed by atoms with Crippen LogP contribution in [0, 0.1) is 13.8 Å². The topological polar surface area (TPSA) is 58.4 Å². The molecule has 2 amide bonds. The van der Waals surface area contributed by atoms with Gasteiger partial charge < -0.3 is 9.47 Å². The predicted octanol–water partition coefficient (Wildman–Crippen LogP) is 2.81. The number of hydrogen-bond donors (Lipinski definition) is 0. The second-order valence-electron chi connectivity index (χ2n) is 7.32. The van der Waals surface area contributed by atoms with Gasteiger partial charge in [0.15, 0.2) is 0 Å². The van der Waals surface area contributed by atoms with Crippen LogP contribution in [0.2, 0.25) is 0 Å². The molecule has 2 aromatic carbocycles. The molecule has 2 aliphatic heterocycles. The van der Waals surface area contributed by atoms with Gasteiger partial charge >= 0.3 is 0 Å². The summed E-state index contributed by atoms with van der Waals surface area (Å²) in [6.45, 7) is 5.36. The Morgan fingerprint density at radius 1 is 1.04 bits per heavy atom. The Balaban J connectivity index is 1.53. The van der Waals surface area contributed by atoms with Gasteiger partial charge in [-0.3, -0.25) is 9.59 Å². The molecule has 2 aliphatic rings. The van der Waals surface area contributed by atoms with Crippen LogP contribution < -0.4 is 9.80 Å². The van der Waals surface area contributed by atoms with Crippen molar-refractivity contribution in [1.82, 2.24) is 9.55 Å². The van der Waals surface area contributed by atoms with Crippen LogP contribution in [0.5, 0.6) is 0 Å². The normalized spacial score (nSPS) is 19.4. The number of carbonyl (C=O) groups is 2. The first-order valence-corrected chi connectivity index (χ1v) is 9.20. The minimum Gasteiger partial charge on any atom is -0.328 e. The second kappa shape index (κ2) is 5.67. The molecule has 1 fully saturated rings. The second-order valence-corrected chi connectivity index (χ2v) is 7.32. The molecule has 0 radical (unpaired) electrons. The molecule has 3 heterocycles. The Labute approximate surface area is 157 Å². The molecule has 6 nitrogen and oxygen atoms in total. The summed E-state index contributed by atoms with van der Waals surface area (Å²) >= 11 is 0. The van der Waals surface area contributed by atoms with Crippen molar-refractivity contribution >= 4 is 34.5 Å². The first-order chi connectivity index (χ1) is 13.0. The van der Waals surface area contributed by atoms with Crippen LogP contribution in [0.1, 0.15) is 17.5 Å². The van der Waals surface area contributed by atoms with Crippen molar-refractivity contribution in [2.45, 2.75) is 32.9 Å². The molecule has 1 atom stereocenters. The Kier molecular flexibility index (Phi) is 3.37. The van der Waals surface area contributed by atoms with E-state index in [2.05, 4.69) is 4.57 Å². The van der Waals surface area contributed by atoms with Crippen molar-refractivity contribution in [3.8, 4) is 0 Å². The highest BCUT2D eigenvalue weighted by Gasteiger charge is 2.45. The summed E-state index contributed by atoms with van der Waals surface area (Å²) in [5.74, 6) is 0.479. The third-order valence-electron chi connectivity index (χ3n) is 5.56. The maximum atomic E-state index is 13.2. The number of aryl methyl sites for hydroxylation is 2. The molecule has 0 N–H and O–H groups in total. The van der Waals surface area contributed by atoms with Gasteiger partial charge in [0.1, 0.15) is 6.04 Å². The lowest BCUT2D eigenvalue weighted by atomic mass is 10.1. The molecule has 3 aromatic rings. The molecule has 27 heavy (non-hydrogen) atoms. The number of fused-ring (bicyclic) bond motifs is 3. The van der Waals surface area contributed by atoms with Crippen molar-refractivity contribution in [2.24, 2.45) is 0 Å². The smallest absolute Gasteiger partial charge is 0.257 e. The Hall–Kier alpha value is -3.15. The lowest BCUT2D eigenvalue weighted by Gasteiger charge is -2.23. The summed E-state index contributed by atoms with van der Waals surface area (Å²) in [4.78, 5) is 34.0. The number of imidazole rings is 1. The molecule has 0 aliphatic carbocycles. The molecule has 0 spiro atoms. The molecular weight excluding hydrogens is 340 g/mol. The minimum absolute atomic E-state index is 0.145. The van der Waals surface area contributed by atoms with E-state index in [1.54, 1.807) is 0 Å². The minimum atomic E-state index is -0.490. The van der Waals surface area contributed by atoms with E-state index in [1.807, 2.05) is 61.2 Å². The van der Waals surface area contributed by atoms with E-state index in [4.69, 9.17) is 4.98 Å². The first-order valence-electron chi connectivity index (χ1n) is 9.20. The van der Waals surface area contributed by atoms with Crippen LogP contribution in [-0.2, 0) is 16.1 Å². The van der Waals surface area contributed by atoms with Crippen LogP contribution in [0.25, 0.3) is 11.0 Å². The molecule has 0 bridgehead atoms. The van der Waals surface area contributed by atoms with Gasteiger partial charge in [-0.05, 0) is 43.2 Å². The summed E-state index contributed by atoms with van der Waals surface area (Å²) in [6, 6.07) is 13.3. The summed E-state index contributed by atoms with van der Waals surface area (Å²) in [6.07, 6.45) is 0.190. The summed E-state index contributed by atoms with van der Waals surface area (Å²) < 4.78 is 2.13. The van der Waals surface area contributed by atoms with Gasteiger partial charge in [-0.15, -0.1) is 0 Å². The molecule has 5 rings (SSSR count). The van der Waals surface area contributed by atoms with Gasteiger partial charge in [0.05, 0.1) is 23.1 Å². The number of aromatic nitrogens is 2. The molecule has 6 heteroatoms. The van der Waals surface area contributed by atoms with E-state index in [-0.39, 0.29) is 18.2 Å². The standard InChI is InChI=1S/C21H20N4O2/c1-13-7-8-14(2)17(11-13)25-19(26)12-18(20(25)27)24-10-9-23-16-6-4-3-5-15(16)22-21(23)24/h3-8,11,18H,9-10,12H2,1-2H3. The Morgan fingerprint density at radius 2 is 1.85 bits per heavy atom. The van der Waals surface area contributed by atoms with Crippen molar-refractivity contribution in [1.29, 1.82) is 0 Å². The van der Waals surface area contributed by atoms with Gasteiger partial charge in [0, 0.05) is 13.1 Å². The number of imide groups is 1. The monoisotopic (exact) mass is 360 g/mol. The van der Waals surface area contributed by atoms with E-state index >= 15 is 0 Å². The third-order valence-corrected chi connectivity index (χ3v) is 5.56.